The standard InChI is InChI=1S/C22H32N4O4/c1-16(2)12-20(25-22(28)26-8-10-29-11-9-26)21(27)24-19(13-23)15-30-14-18-7-5-4-6-17(18)3/h4-7,16,19-20H,8-12,14-15H2,1-3H3,(H,24,27)(H,25,28). The molecular formula is C22H32N4O4. The molecule has 0 saturated carbocycles. The van der Waals surface area contributed by atoms with E-state index < -0.39 is 12.1 Å². The predicted molar refractivity (Wildman–Crippen MR) is 113 cm³/mol. The number of rotatable bonds is 9. The average Bonchev–Trinajstić information content (AvgIpc) is 2.74. The fraction of sp³-hybridized carbons (Fsp3) is 0.591. The summed E-state index contributed by atoms with van der Waals surface area (Å²) in [5, 5.41) is 14.9. The molecule has 0 bridgehead atoms. The number of aryl methyl sites for hydroxylation is 1. The van der Waals surface area contributed by atoms with Crippen LogP contribution in [0.5, 0.6) is 0 Å². The molecule has 1 aliphatic rings. The molecule has 1 saturated heterocycles. The zero-order valence-electron chi connectivity index (χ0n) is 18.0. The first kappa shape index (κ1) is 23.6. The third kappa shape index (κ3) is 7.65. The second kappa shape index (κ2) is 12.2. The number of hydrogen-bond acceptors (Lipinski definition) is 5. The molecule has 2 atom stereocenters. The zero-order chi connectivity index (χ0) is 21.9. The fourth-order valence-corrected chi connectivity index (χ4v) is 3.15. The van der Waals surface area contributed by atoms with Crippen molar-refractivity contribution in [2.45, 2.75) is 45.9 Å². The van der Waals surface area contributed by atoms with Crippen molar-refractivity contribution in [2.24, 2.45) is 5.92 Å². The first-order valence-electron chi connectivity index (χ1n) is 10.4. The van der Waals surface area contributed by atoms with Crippen molar-refractivity contribution in [3.05, 3.63) is 35.4 Å². The Morgan fingerprint density at radius 1 is 1.23 bits per heavy atom. The maximum absolute atomic E-state index is 12.8. The molecular weight excluding hydrogens is 384 g/mol. The summed E-state index contributed by atoms with van der Waals surface area (Å²) in [6, 6.07) is 8.12. The quantitative estimate of drug-likeness (QED) is 0.641. The molecule has 8 heteroatoms. The van der Waals surface area contributed by atoms with Crippen LogP contribution in [0.25, 0.3) is 0 Å². The lowest BCUT2D eigenvalue weighted by atomic mass is 10.0. The third-order valence-electron chi connectivity index (χ3n) is 4.90. The topological polar surface area (TPSA) is 104 Å². The van der Waals surface area contributed by atoms with Gasteiger partial charge in [-0.25, -0.2) is 4.79 Å². The maximum atomic E-state index is 12.8. The van der Waals surface area contributed by atoms with Gasteiger partial charge in [-0.3, -0.25) is 4.79 Å². The van der Waals surface area contributed by atoms with Crippen molar-refractivity contribution in [1.82, 2.24) is 15.5 Å². The van der Waals surface area contributed by atoms with Crippen LogP contribution < -0.4 is 10.6 Å². The summed E-state index contributed by atoms with van der Waals surface area (Å²) in [6.45, 7) is 8.36. The van der Waals surface area contributed by atoms with Crippen LogP contribution in [-0.4, -0.2) is 61.8 Å². The van der Waals surface area contributed by atoms with Crippen molar-refractivity contribution in [3.63, 3.8) is 0 Å². The minimum Gasteiger partial charge on any atom is -0.378 e. The van der Waals surface area contributed by atoms with Crippen molar-refractivity contribution in [3.8, 4) is 6.07 Å². The van der Waals surface area contributed by atoms with Crippen LogP contribution in [-0.2, 0) is 20.9 Å². The van der Waals surface area contributed by atoms with Gasteiger partial charge in [-0.2, -0.15) is 5.26 Å². The van der Waals surface area contributed by atoms with Gasteiger partial charge in [0.1, 0.15) is 12.1 Å². The second-order valence-electron chi connectivity index (χ2n) is 7.86. The van der Waals surface area contributed by atoms with Crippen LogP contribution in [0, 0.1) is 24.2 Å². The Morgan fingerprint density at radius 3 is 2.57 bits per heavy atom. The van der Waals surface area contributed by atoms with Crippen molar-refractivity contribution in [1.29, 1.82) is 5.26 Å². The van der Waals surface area contributed by atoms with Gasteiger partial charge in [0.05, 0.1) is 32.5 Å². The van der Waals surface area contributed by atoms with Crippen LogP contribution in [0.2, 0.25) is 0 Å². The van der Waals surface area contributed by atoms with E-state index in [-0.39, 0.29) is 24.5 Å². The van der Waals surface area contributed by atoms with Gasteiger partial charge in [-0.05, 0) is 30.4 Å². The molecule has 3 amide bonds. The van der Waals surface area contributed by atoms with E-state index in [1.54, 1.807) is 4.90 Å². The first-order valence-corrected chi connectivity index (χ1v) is 10.4. The third-order valence-corrected chi connectivity index (χ3v) is 4.90. The van der Waals surface area contributed by atoms with E-state index in [1.165, 1.54) is 0 Å². The van der Waals surface area contributed by atoms with E-state index >= 15 is 0 Å². The Bertz CT molecular complexity index is 741. The molecule has 164 valence electrons. The highest BCUT2D eigenvalue weighted by Crippen LogP contribution is 2.09. The predicted octanol–water partition coefficient (Wildman–Crippen LogP) is 1.98. The molecule has 8 nitrogen and oxygen atoms in total. The molecule has 30 heavy (non-hydrogen) atoms. The molecule has 2 unspecified atom stereocenters. The molecule has 1 aliphatic heterocycles. The number of carbonyl (C=O) groups is 2. The Kier molecular flexibility index (Phi) is 9.58. The SMILES string of the molecule is Cc1ccccc1COCC(C#N)NC(=O)C(CC(C)C)NC(=O)N1CCOCC1. The minimum absolute atomic E-state index is 0.0718. The van der Waals surface area contributed by atoms with E-state index in [0.29, 0.717) is 39.3 Å². The monoisotopic (exact) mass is 416 g/mol. The number of nitrogens with zero attached hydrogens (tertiary/aromatic N) is 2. The summed E-state index contributed by atoms with van der Waals surface area (Å²) in [4.78, 5) is 26.9. The molecule has 2 rings (SSSR count). The van der Waals surface area contributed by atoms with Gasteiger partial charge in [-0.1, -0.05) is 38.1 Å². The van der Waals surface area contributed by atoms with Gasteiger partial charge in [0, 0.05) is 13.1 Å². The van der Waals surface area contributed by atoms with E-state index in [4.69, 9.17) is 9.47 Å². The average molecular weight is 417 g/mol. The van der Waals surface area contributed by atoms with Gasteiger partial charge in [0.2, 0.25) is 5.91 Å². The zero-order valence-corrected chi connectivity index (χ0v) is 18.0. The molecule has 0 aromatic heterocycles. The smallest absolute Gasteiger partial charge is 0.318 e. The van der Waals surface area contributed by atoms with E-state index in [1.807, 2.05) is 45.0 Å². The summed E-state index contributed by atoms with van der Waals surface area (Å²) in [5.74, 6) is -0.181. The molecule has 0 radical (unpaired) electrons. The number of morpholine rings is 1. The van der Waals surface area contributed by atoms with Crippen molar-refractivity contribution >= 4 is 11.9 Å². The van der Waals surface area contributed by atoms with E-state index in [2.05, 4.69) is 16.7 Å². The molecule has 1 heterocycles. The van der Waals surface area contributed by atoms with Crippen LogP contribution in [0.15, 0.2) is 24.3 Å². The lowest BCUT2D eigenvalue weighted by Crippen LogP contribution is -2.55. The summed E-state index contributed by atoms with van der Waals surface area (Å²) >= 11 is 0. The molecule has 1 aromatic rings. The highest BCUT2D eigenvalue weighted by atomic mass is 16.5. The second-order valence-corrected chi connectivity index (χ2v) is 7.86. The summed E-state index contributed by atoms with van der Waals surface area (Å²) in [6.07, 6.45) is 0.476. The minimum atomic E-state index is -0.795. The van der Waals surface area contributed by atoms with Crippen molar-refractivity contribution < 1.29 is 19.1 Å². The molecule has 0 aliphatic carbocycles. The Balaban J connectivity index is 1.89. The lowest BCUT2D eigenvalue weighted by molar-refractivity contribution is -0.124. The fourth-order valence-electron chi connectivity index (χ4n) is 3.15. The number of carbonyl (C=O) groups excluding carboxylic acids is 2. The highest BCUT2D eigenvalue weighted by Gasteiger charge is 2.27. The maximum Gasteiger partial charge on any atom is 0.318 e. The summed E-state index contributed by atoms with van der Waals surface area (Å²) in [5.41, 5.74) is 2.15. The first-order chi connectivity index (χ1) is 14.4. The molecule has 0 spiro atoms. The molecule has 1 fully saturated rings. The highest BCUT2D eigenvalue weighted by molar-refractivity contribution is 5.87. The van der Waals surface area contributed by atoms with Gasteiger partial charge < -0.3 is 25.0 Å². The molecule has 2 N–H and O–H groups in total. The van der Waals surface area contributed by atoms with Crippen LogP contribution in [0.1, 0.15) is 31.4 Å². The Hall–Kier alpha value is -2.63. The number of benzene rings is 1. The number of amides is 3. The molecule has 1 aromatic carbocycles. The number of ether oxygens (including phenoxy) is 2. The largest absolute Gasteiger partial charge is 0.378 e. The van der Waals surface area contributed by atoms with E-state index in [0.717, 1.165) is 11.1 Å². The van der Waals surface area contributed by atoms with Gasteiger partial charge in [0.15, 0.2) is 0 Å². The summed E-state index contributed by atoms with van der Waals surface area (Å²) < 4.78 is 10.9. The van der Waals surface area contributed by atoms with Gasteiger partial charge >= 0.3 is 6.03 Å². The normalized spacial score (nSPS) is 15.9. The summed E-state index contributed by atoms with van der Waals surface area (Å²) in [7, 11) is 0. The van der Waals surface area contributed by atoms with Crippen LogP contribution in [0.4, 0.5) is 4.79 Å². The Labute approximate surface area is 178 Å². The Morgan fingerprint density at radius 2 is 1.93 bits per heavy atom. The van der Waals surface area contributed by atoms with E-state index in [9.17, 15) is 14.9 Å². The lowest BCUT2D eigenvalue weighted by Gasteiger charge is -2.29. The van der Waals surface area contributed by atoms with Gasteiger partial charge in [-0.15, -0.1) is 0 Å². The van der Waals surface area contributed by atoms with Gasteiger partial charge in [0.25, 0.3) is 0 Å². The van der Waals surface area contributed by atoms with Crippen molar-refractivity contribution in [2.75, 3.05) is 32.9 Å². The number of nitrogens with one attached hydrogen (secondary N) is 2. The number of nitriles is 1. The van der Waals surface area contributed by atoms with Crippen LogP contribution in [0.3, 0.4) is 0 Å². The number of hydrogen-bond donors (Lipinski definition) is 2. The van der Waals surface area contributed by atoms with Crippen LogP contribution >= 0.6 is 0 Å². The number of urea groups is 1.